The van der Waals surface area contributed by atoms with E-state index in [-0.39, 0.29) is 17.4 Å². The lowest BCUT2D eigenvalue weighted by atomic mass is 10.2. The molecule has 0 fully saturated rings. The van der Waals surface area contributed by atoms with Crippen LogP contribution in [-0.2, 0) is 9.84 Å². The van der Waals surface area contributed by atoms with Crippen LogP contribution >= 0.6 is 0 Å². The van der Waals surface area contributed by atoms with Gasteiger partial charge in [-0.05, 0) is 6.92 Å². The Kier molecular flexibility index (Phi) is 5.70. The molecule has 0 aliphatic carbocycles. The Balaban J connectivity index is 2.91. The van der Waals surface area contributed by atoms with Crippen LogP contribution in [0.4, 0.5) is 11.6 Å². The minimum atomic E-state index is -2.99. The molecule has 20 heavy (non-hydrogen) atoms. The van der Waals surface area contributed by atoms with Gasteiger partial charge in [0.15, 0.2) is 9.84 Å². The summed E-state index contributed by atoms with van der Waals surface area (Å²) in [5, 5.41) is 3.05. The first-order chi connectivity index (χ1) is 9.30. The van der Waals surface area contributed by atoms with E-state index >= 15 is 0 Å². The van der Waals surface area contributed by atoms with Gasteiger partial charge in [-0.15, -0.1) is 0 Å². The van der Waals surface area contributed by atoms with Crippen molar-refractivity contribution in [1.82, 2.24) is 9.97 Å². The van der Waals surface area contributed by atoms with E-state index in [9.17, 15) is 8.42 Å². The molecule has 1 aromatic heterocycles. The molecule has 0 saturated carbocycles. The molecule has 0 aliphatic heterocycles. The number of nitrogen functional groups attached to an aromatic ring is 1. The van der Waals surface area contributed by atoms with Crippen LogP contribution in [0.3, 0.4) is 0 Å². The summed E-state index contributed by atoms with van der Waals surface area (Å²) >= 11 is 0. The Bertz CT molecular complexity index is 557. The fourth-order valence-corrected chi connectivity index (χ4v) is 2.28. The number of hydrogen-bond acceptors (Lipinski definition) is 7. The summed E-state index contributed by atoms with van der Waals surface area (Å²) in [5.41, 5.74) is 3.31. The third-order valence-corrected chi connectivity index (χ3v) is 4.67. The lowest BCUT2D eigenvalue weighted by molar-refractivity contribution is 0.597. The number of sulfone groups is 1. The van der Waals surface area contributed by atoms with E-state index in [1.54, 1.807) is 6.92 Å². The highest BCUT2D eigenvalue weighted by molar-refractivity contribution is 7.91. The van der Waals surface area contributed by atoms with Gasteiger partial charge in [0.1, 0.15) is 17.5 Å². The standard InChI is InChI=1S/C12H23N5O2S/c1-5-20(18,19)7-6-14-11-9(4)12(17-13)16-10(15-11)8(2)3/h8H,5-7,13H2,1-4H3,(H2,14,15,16,17). The van der Waals surface area contributed by atoms with Crippen LogP contribution in [0.5, 0.6) is 0 Å². The number of anilines is 2. The molecule has 1 rings (SSSR count). The zero-order valence-corrected chi connectivity index (χ0v) is 13.2. The zero-order chi connectivity index (χ0) is 15.3. The summed E-state index contributed by atoms with van der Waals surface area (Å²) in [5.74, 6) is 7.64. The topological polar surface area (TPSA) is 110 Å². The summed E-state index contributed by atoms with van der Waals surface area (Å²) in [7, 11) is -2.99. The van der Waals surface area contributed by atoms with E-state index in [1.165, 1.54) is 0 Å². The van der Waals surface area contributed by atoms with Crippen molar-refractivity contribution in [1.29, 1.82) is 0 Å². The Morgan fingerprint density at radius 3 is 2.35 bits per heavy atom. The highest BCUT2D eigenvalue weighted by Crippen LogP contribution is 2.22. The summed E-state index contributed by atoms with van der Waals surface area (Å²) < 4.78 is 22.9. The smallest absolute Gasteiger partial charge is 0.151 e. The number of nitrogens with zero attached hydrogens (tertiary/aromatic N) is 2. The van der Waals surface area contributed by atoms with Crippen molar-refractivity contribution in [2.24, 2.45) is 5.84 Å². The number of hydrogen-bond donors (Lipinski definition) is 3. The predicted molar refractivity (Wildman–Crippen MR) is 81.5 cm³/mol. The van der Waals surface area contributed by atoms with Gasteiger partial charge in [-0.1, -0.05) is 20.8 Å². The normalized spacial score (nSPS) is 11.7. The Labute approximate surface area is 120 Å². The van der Waals surface area contributed by atoms with Crippen molar-refractivity contribution in [3.8, 4) is 0 Å². The van der Waals surface area contributed by atoms with Gasteiger partial charge in [0.05, 0.1) is 5.75 Å². The summed E-state index contributed by atoms with van der Waals surface area (Å²) in [6, 6.07) is 0. The van der Waals surface area contributed by atoms with Gasteiger partial charge in [-0.2, -0.15) is 0 Å². The number of hydrazine groups is 1. The van der Waals surface area contributed by atoms with Gasteiger partial charge in [-0.3, -0.25) is 0 Å². The highest BCUT2D eigenvalue weighted by atomic mass is 32.2. The molecule has 0 amide bonds. The second kappa shape index (κ2) is 6.85. The van der Waals surface area contributed by atoms with Crippen LogP contribution in [0.15, 0.2) is 0 Å². The second-order valence-corrected chi connectivity index (χ2v) is 7.34. The van der Waals surface area contributed by atoms with E-state index in [0.29, 0.717) is 24.0 Å². The fourth-order valence-electron chi connectivity index (χ4n) is 1.57. The van der Waals surface area contributed by atoms with Crippen LogP contribution in [-0.4, -0.2) is 36.4 Å². The minimum Gasteiger partial charge on any atom is -0.369 e. The van der Waals surface area contributed by atoms with E-state index in [1.807, 2.05) is 20.8 Å². The fraction of sp³-hybridized carbons (Fsp3) is 0.667. The molecule has 0 saturated heterocycles. The molecule has 0 aromatic carbocycles. The first-order valence-corrected chi connectivity index (χ1v) is 8.42. The van der Waals surface area contributed by atoms with Crippen LogP contribution in [0.2, 0.25) is 0 Å². The quantitative estimate of drug-likeness (QED) is 0.510. The molecule has 0 unspecified atom stereocenters. The molecule has 1 aromatic rings. The maximum absolute atomic E-state index is 11.5. The second-order valence-electron chi connectivity index (χ2n) is 4.87. The van der Waals surface area contributed by atoms with Crippen molar-refractivity contribution in [3.05, 3.63) is 11.4 Å². The van der Waals surface area contributed by atoms with Crippen molar-refractivity contribution < 1.29 is 8.42 Å². The number of nitrogens with two attached hydrogens (primary N) is 1. The van der Waals surface area contributed by atoms with Crippen molar-refractivity contribution >= 4 is 21.5 Å². The zero-order valence-electron chi connectivity index (χ0n) is 12.4. The molecule has 0 aliphatic rings. The lowest BCUT2D eigenvalue weighted by Gasteiger charge is -2.14. The maximum atomic E-state index is 11.5. The van der Waals surface area contributed by atoms with Crippen LogP contribution < -0.4 is 16.6 Å². The van der Waals surface area contributed by atoms with Gasteiger partial charge in [0.25, 0.3) is 0 Å². The first-order valence-electron chi connectivity index (χ1n) is 6.60. The molecular formula is C12H23N5O2S. The average Bonchev–Trinajstić information content (AvgIpc) is 2.40. The monoisotopic (exact) mass is 301 g/mol. The van der Waals surface area contributed by atoms with Gasteiger partial charge >= 0.3 is 0 Å². The summed E-state index contributed by atoms with van der Waals surface area (Å²) in [6.07, 6.45) is 0. The van der Waals surface area contributed by atoms with Crippen molar-refractivity contribution in [2.75, 3.05) is 28.8 Å². The van der Waals surface area contributed by atoms with Crippen LogP contribution in [0.1, 0.15) is 38.1 Å². The van der Waals surface area contributed by atoms with Crippen molar-refractivity contribution in [2.45, 2.75) is 33.6 Å². The highest BCUT2D eigenvalue weighted by Gasteiger charge is 2.13. The summed E-state index contributed by atoms with van der Waals surface area (Å²) in [6.45, 7) is 7.75. The molecule has 0 spiro atoms. The molecule has 8 heteroatoms. The Morgan fingerprint density at radius 2 is 1.85 bits per heavy atom. The van der Waals surface area contributed by atoms with E-state index in [0.717, 1.165) is 5.56 Å². The molecule has 0 atom stereocenters. The number of aromatic nitrogens is 2. The van der Waals surface area contributed by atoms with Gasteiger partial charge < -0.3 is 10.7 Å². The van der Waals surface area contributed by atoms with Crippen molar-refractivity contribution in [3.63, 3.8) is 0 Å². The lowest BCUT2D eigenvalue weighted by Crippen LogP contribution is -2.20. The molecule has 0 radical (unpaired) electrons. The molecule has 7 nitrogen and oxygen atoms in total. The van der Waals surface area contributed by atoms with E-state index < -0.39 is 9.84 Å². The molecule has 0 bridgehead atoms. The van der Waals surface area contributed by atoms with E-state index in [4.69, 9.17) is 5.84 Å². The van der Waals surface area contributed by atoms with Gasteiger partial charge in [-0.25, -0.2) is 24.2 Å². The predicted octanol–water partition coefficient (Wildman–Crippen LogP) is 1.04. The van der Waals surface area contributed by atoms with Crippen LogP contribution in [0, 0.1) is 6.92 Å². The molecular weight excluding hydrogens is 278 g/mol. The average molecular weight is 301 g/mol. The third kappa shape index (κ3) is 4.31. The Morgan fingerprint density at radius 1 is 1.25 bits per heavy atom. The number of rotatable bonds is 7. The molecule has 1 heterocycles. The third-order valence-electron chi connectivity index (χ3n) is 2.96. The van der Waals surface area contributed by atoms with Gasteiger partial charge in [0.2, 0.25) is 0 Å². The Hall–Kier alpha value is -1.41. The van der Waals surface area contributed by atoms with Crippen LogP contribution in [0.25, 0.3) is 0 Å². The summed E-state index contributed by atoms with van der Waals surface area (Å²) in [4.78, 5) is 8.73. The maximum Gasteiger partial charge on any atom is 0.151 e. The molecule has 114 valence electrons. The van der Waals surface area contributed by atoms with Gasteiger partial charge in [0, 0.05) is 23.8 Å². The number of nitrogens with one attached hydrogen (secondary N) is 2. The van der Waals surface area contributed by atoms with E-state index in [2.05, 4.69) is 20.7 Å². The first kappa shape index (κ1) is 16.6. The minimum absolute atomic E-state index is 0.0787. The SMILES string of the molecule is CCS(=O)(=O)CCNc1nc(C(C)C)nc(NN)c1C. The largest absolute Gasteiger partial charge is 0.369 e. The molecule has 4 N–H and O–H groups in total.